The van der Waals surface area contributed by atoms with Crippen LogP contribution < -0.4 is 5.32 Å². The van der Waals surface area contributed by atoms with Crippen molar-refractivity contribution in [1.82, 2.24) is 5.32 Å². The Hall–Kier alpha value is -2.82. The predicted octanol–water partition coefficient (Wildman–Crippen LogP) is 7.31. The minimum atomic E-state index is -5.35. The first-order valence-electron chi connectivity index (χ1n) is 11.4. The van der Waals surface area contributed by atoms with Crippen molar-refractivity contribution < 1.29 is 40.4 Å². The van der Waals surface area contributed by atoms with Gasteiger partial charge in [0.2, 0.25) is 0 Å². The van der Waals surface area contributed by atoms with E-state index in [1.165, 1.54) is 18.2 Å². The highest BCUT2D eigenvalue weighted by molar-refractivity contribution is 6.30. The number of carbonyl (C=O) groups excluding carboxylic acids is 1. The lowest BCUT2D eigenvalue weighted by molar-refractivity contribution is -0.276. The molecule has 4 nitrogen and oxygen atoms in total. The van der Waals surface area contributed by atoms with Crippen molar-refractivity contribution >= 4 is 23.2 Å². The summed E-state index contributed by atoms with van der Waals surface area (Å²) < 4.78 is 97.3. The number of oxime groups is 1. The Morgan fingerprint density at radius 3 is 2.41 bits per heavy atom. The number of hydrogen-bond acceptors (Lipinski definition) is 3. The molecular weight excluding hydrogens is 529 g/mol. The maximum absolute atomic E-state index is 14.7. The van der Waals surface area contributed by atoms with Gasteiger partial charge in [0.1, 0.15) is 5.82 Å². The molecule has 2 aromatic rings. The van der Waals surface area contributed by atoms with Gasteiger partial charge < -0.3 is 10.2 Å². The minimum absolute atomic E-state index is 0.0374. The lowest BCUT2D eigenvalue weighted by Gasteiger charge is -2.30. The van der Waals surface area contributed by atoms with E-state index in [0.29, 0.717) is 17.0 Å². The number of nitrogens with zero attached hydrogens (tertiary/aromatic N) is 1. The zero-order valence-corrected chi connectivity index (χ0v) is 20.4. The smallest absolute Gasteiger partial charge is 0.374 e. The number of halogens is 8. The Kier molecular flexibility index (Phi) is 6.98. The molecule has 1 fully saturated rings. The van der Waals surface area contributed by atoms with Crippen molar-refractivity contribution in [2.24, 2.45) is 11.1 Å². The van der Waals surface area contributed by atoms with Gasteiger partial charge in [0.25, 0.3) is 11.5 Å². The molecule has 0 aromatic heterocycles. The normalized spacial score (nSPS) is 24.1. The second-order valence-corrected chi connectivity index (χ2v) is 9.97. The molecule has 1 N–H and O–H groups in total. The summed E-state index contributed by atoms with van der Waals surface area (Å²) in [4.78, 5) is 17.4. The number of amides is 1. The van der Waals surface area contributed by atoms with Crippen LogP contribution in [-0.2, 0) is 16.6 Å². The van der Waals surface area contributed by atoms with Crippen LogP contribution in [0.1, 0.15) is 65.2 Å². The van der Waals surface area contributed by atoms with Crippen LogP contribution in [0.5, 0.6) is 0 Å². The van der Waals surface area contributed by atoms with Crippen LogP contribution in [0.15, 0.2) is 35.5 Å². The van der Waals surface area contributed by atoms with Crippen LogP contribution >= 0.6 is 11.6 Å². The average Bonchev–Trinajstić information content (AvgIpc) is 3.41. The molecule has 1 amide bonds. The van der Waals surface area contributed by atoms with Crippen LogP contribution in [0.4, 0.5) is 30.7 Å². The third-order valence-electron chi connectivity index (χ3n) is 6.81. The van der Waals surface area contributed by atoms with Gasteiger partial charge in [-0.1, -0.05) is 29.7 Å². The van der Waals surface area contributed by atoms with E-state index in [4.69, 9.17) is 16.4 Å². The molecule has 12 heteroatoms. The van der Waals surface area contributed by atoms with Crippen molar-refractivity contribution in [3.05, 3.63) is 69.0 Å². The monoisotopic (exact) mass is 550 g/mol. The van der Waals surface area contributed by atoms with Gasteiger partial charge in [-0.2, -0.15) is 26.3 Å². The lowest BCUT2D eigenvalue weighted by Crippen LogP contribution is -2.43. The van der Waals surface area contributed by atoms with Crippen LogP contribution in [-0.4, -0.2) is 23.8 Å². The van der Waals surface area contributed by atoms with Crippen LogP contribution in [0, 0.1) is 18.7 Å². The van der Waals surface area contributed by atoms with E-state index < -0.39 is 46.3 Å². The topological polar surface area (TPSA) is 50.7 Å². The van der Waals surface area contributed by atoms with Gasteiger partial charge in [-0.15, -0.1) is 0 Å². The molecule has 1 aliphatic carbocycles. The lowest BCUT2D eigenvalue weighted by atomic mass is 9.85. The fraction of sp³-hybridized carbons (Fsp3) is 0.440. The van der Waals surface area contributed by atoms with Crippen molar-refractivity contribution in [2.75, 3.05) is 0 Å². The minimum Gasteiger partial charge on any atom is -0.374 e. The number of rotatable bonds is 4. The molecule has 0 bridgehead atoms. The molecule has 0 radical (unpaired) electrons. The van der Waals surface area contributed by atoms with Gasteiger partial charge in [-0.05, 0) is 67.5 Å². The van der Waals surface area contributed by atoms with Gasteiger partial charge in [-0.25, -0.2) is 4.39 Å². The summed E-state index contributed by atoms with van der Waals surface area (Å²) in [5, 5.41) is 5.30. The SMILES string of the molecule is Cc1cc(C2=NOC(c3cc(C(F)(F)F)cc(Cl)c3F)(C(F)(F)F)C2)ccc1C(=O)NC1CCC(C)C1. The number of aryl methyl sites for hydroxylation is 1. The Morgan fingerprint density at radius 2 is 1.84 bits per heavy atom. The van der Waals surface area contributed by atoms with Crippen LogP contribution in [0.25, 0.3) is 0 Å². The maximum atomic E-state index is 14.7. The first-order chi connectivity index (χ1) is 17.1. The fourth-order valence-electron chi connectivity index (χ4n) is 4.78. The molecular formula is C25H22ClF7N2O2. The molecule has 4 rings (SSSR count). The summed E-state index contributed by atoms with van der Waals surface area (Å²) in [5.41, 5.74) is -5.87. The molecule has 1 heterocycles. The highest BCUT2D eigenvalue weighted by atomic mass is 35.5. The molecule has 3 unspecified atom stereocenters. The van der Waals surface area contributed by atoms with E-state index in [9.17, 15) is 35.5 Å². The number of carbonyl (C=O) groups is 1. The summed E-state index contributed by atoms with van der Waals surface area (Å²) in [6.45, 7) is 3.69. The van der Waals surface area contributed by atoms with Crippen molar-refractivity contribution in [3.63, 3.8) is 0 Å². The van der Waals surface area contributed by atoms with E-state index in [1.807, 2.05) is 0 Å². The number of benzene rings is 2. The molecule has 2 aliphatic rings. The Labute approximate surface area is 212 Å². The van der Waals surface area contributed by atoms with Gasteiger partial charge in [-0.3, -0.25) is 4.79 Å². The predicted molar refractivity (Wildman–Crippen MR) is 122 cm³/mol. The van der Waals surface area contributed by atoms with Crippen molar-refractivity contribution in [1.29, 1.82) is 0 Å². The maximum Gasteiger partial charge on any atom is 0.435 e. The van der Waals surface area contributed by atoms with E-state index in [-0.39, 0.29) is 35.4 Å². The third-order valence-corrected chi connectivity index (χ3v) is 7.09. The van der Waals surface area contributed by atoms with Gasteiger partial charge in [0.15, 0.2) is 0 Å². The summed E-state index contributed by atoms with van der Waals surface area (Å²) in [6, 6.07) is 4.50. The molecule has 37 heavy (non-hydrogen) atoms. The summed E-state index contributed by atoms with van der Waals surface area (Å²) in [7, 11) is 0. The van der Waals surface area contributed by atoms with Crippen LogP contribution in [0.2, 0.25) is 5.02 Å². The Morgan fingerprint density at radius 1 is 1.14 bits per heavy atom. The van der Waals surface area contributed by atoms with E-state index in [0.717, 1.165) is 19.3 Å². The van der Waals surface area contributed by atoms with E-state index in [2.05, 4.69) is 17.4 Å². The second kappa shape index (κ2) is 9.49. The number of alkyl halides is 6. The van der Waals surface area contributed by atoms with Crippen LogP contribution in [0.3, 0.4) is 0 Å². The van der Waals surface area contributed by atoms with Crippen molar-refractivity contribution in [3.8, 4) is 0 Å². The van der Waals surface area contributed by atoms with Gasteiger partial charge in [0.05, 0.1) is 22.7 Å². The van der Waals surface area contributed by atoms with E-state index >= 15 is 0 Å². The van der Waals surface area contributed by atoms with Gasteiger partial charge in [0, 0.05) is 17.2 Å². The highest BCUT2D eigenvalue weighted by Crippen LogP contribution is 2.51. The molecule has 3 atom stereocenters. The summed E-state index contributed by atoms with van der Waals surface area (Å²) >= 11 is 5.53. The number of nitrogens with one attached hydrogen (secondary N) is 1. The summed E-state index contributed by atoms with van der Waals surface area (Å²) in [6.07, 6.45) is -8.82. The van der Waals surface area contributed by atoms with Crippen molar-refractivity contribution in [2.45, 2.75) is 63.5 Å². The first-order valence-corrected chi connectivity index (χ1v) is 11.8. The second-order valence-electron chi connectivity index (χ2n) is 9.57. The average molecular weight is 551 g/mol. The zero-order valence-electron chi connectivity index (χ0n) is 19.7. The largest absolute Gasteiger partial charge is 0.435 e. The standard InChI is InChI=1S/C25H22ClF7N2O2/c1-12-3-5-16(7-12)34-22(36)17-6-4-14(8-13(17)2)20-11-23(37-35-20,25(31,32)33)18-9-15(24(28,29)30)10-19(26)21(18)27/h4,6,8-10,12,16H,3,5,7,11H2,1-2H3,(H,34,36). The Balaban J connectivity index is 1.64. The summed E-state index contributed by atoms with van der Waals surface area (Å²) in [5.74, 6) is -1.51. The molecule has 2 aromatic carbocycles. The molecule has 0 spiro atoms. The molecule has 200 valence electrons. The zero-order chi connectivity index (χ0) is 27.3. The molecule has 1 saturated carbocycles. The Bertz CT molecular complexity index is 1260. The number of hydrogen-bond donors (Lipinski definition) is 1. The molecule has 1 aliphatic heterocycles. The first kappa shape index (κ1) is 27.2. The van der Waals surface area contributed by atoms with Gasteiger partial charge >= 0.3 is 12.4 Å². The highest BCUT2D eigenvalue weighted by Gasteiger charge is 2.64. The third kappa shape index (κ3) is 5.15. The van der Waals surface area contributed by atoms with E-state index in [1.54, 1.807) is 6.92 Å². The fourth-order valence-corrected chi connectivity index (χ4v) is 5.00. The molecule has 0 saturated heterocycles. The quantitative estimate of drug-likeness (QED) is 0.406.